The Hall–Kier alpha value is -2.95. The lowest BCUT2D eigenvalue weighted by Gasteiger charge is -2.12. The molecule has 2 rings (SSSR count). The molecular formula is C25H32O5. The number of para-hydroxylation sites is 1. The van der Waals surface area contributed by atoms with Crippen molar-refractivity contribution < 1.29 is 19.0 Å². The van der Waals surface area contributed by atoms with E-state index in [2.05, 4.69) is 33.8 Å². The van der Waals surface area contributed by atoms with Gasteiger partial charge in [-0.05, 0) is 64.7 Å². The van der Waals surface area contributed by atoms with Crippen molar-refractivity contribution in [2.24, 2.45) is 0 Å². The third-order valence-corrected chi connectivity index (χ3v) is 4.52. The number of ether oxygens (including phenoxy) is 2. The molecule has 1 heterocycles. The molecule has 2 aromatic rings. The molecule has 0 aliphatic rings. The fourth-order valence-corrected chi connectivity index (χ4v) is 2.90. The molecule has 0 bridgehead atoms. The molecule has 0 aliphatic heterocycles. The van der Waals surface area contributed by atoms with Gasteiger partial charge in [-0.3, -0.25) is 0 Å². The molecule has 0 saturated heterocycles. The van der Waals surface area contributed by atoms with Gasteiger partial charge in [-0.2, -0.15) is 0 Å². The Bertz CT molecular complexity index is 975. The molecule has 5 nitrogen and oxygen atoms in total. The Kier molecular flexibility index (Phi) is 9.26. The predicted molar refractivity (Wildman–Crippen MR) is 122 cm³/mol. The van der Waals surface area contributed by atoms with Crippen LogP contribution in [0.4, 0.5) is 0 Å². The van der Waals surface area contributed by atoms with Gasteiger partial charge in [-0.25, -0.2) is 4.79 Å². The number of hydrogen-bond acceptors (Lipinski definition) is 5. The average molecular weight is 413 g/mol. The number of aromatic hydroxyl groups is 1. The summed E-state index contributed by atoms with van der Waals surface area (Å²) in [5, 5.41) is 10.7. The molecule has 1 aromatic carbocycles. The van der Waals surface area contributed by atoms with Gasteiger partial charge in [-0.15, -0.1) is 0 Å². The molecule has 162 valence electrons. The Morgan fingerprint density at radius 1 is 1.10 bits per heavy atom. The van der Waals surface area contributed by atoms with Crippen molar-refractivity contribution in [3.63, 3.8) is 0 Å². The molecule has 0 fully saturated rings. The zero-order valence-electron chi connectivity index (χ0n) is 18.4. The molecule has 1 aromatic heterocycles. The summed E-state index contributed by atoms with van der Waals surface area (Å²) in [5.74, 6) is 0.0489. The summed E-state index contributed by atoms with van der Waals surface area (Å²) >= 11 is 0. The lowest BCUT2D eigenvalue weighted by atomic mass is 10.1. The van der Waals surface area contributed by atoms with Crippen LogP contribution in [0.25, 0.3) is 11.0 Å². The monoisotopic (exact) mass is 412 g/mol. The van der Waals surface area contributed by atoms with Gasteiger partial charge in [0.1, 0.15) is 6.61 Å². The molecular weight excluding hydrogens is 380 g/mol. The van der Waals surface area contributed by atoms with Gasteiger partial charge in [-0.1, -0.05) is 42.4 Å². The molecule has 1 N–H and O–H groups in total. The Labute approximate surface area is 178 Å². The maximum absolute atomic E-state index is 12.1. The lowest BCUT2D eigenvalue weighted by Crippen LogP contribution is -2.05. The first-order valence-corrected chi connectivity index (χ1v) is 10.4. The van der Waals surface area contributed by atoms with Crippen LogP contribution in [0.1, 0.15) is 53.4 Å². The SMILES string of the molecule is CCC=CCCOc1c(O)c(=O)oc2c(OC/C=C(\C)CCC=C(C)C)cccc12. The van der Waals surface area contributed by atoms with Crippen molar-refractivity contribution >= 4 is 11.0 Å². The smallest absolute Gasteiger partial charge is 0.382 e. The van der Waals surface area contributed by atoms with E-state index in [-0.39, 0.29) is 11.3 Å². The quantitative estimate of drug-likeness (QED) is 0.266. The van der Waals surface area contributed by atoms with Gasteiger partial charge in [0.25, 0.3) is 0 Å². The van der Waals surface area contributed by atoms with Gasteiger partial charge >= 0.3 is 5.63 Å². The van der Waals surface area contributed by atoms with Crippen LogP contribution < -0.4 is 15.1 Å². The highest BCUT2D eigenvalue weighted by molar-refractivity contribution is 5.89. The van der Waals surface area contributed by atoms with Crippen LogP contribution in [-0.2, 0) is 0 Å². The van der Waals surface area contributed by atoms with Gasteiger partial charge in [0.2, 0.25) is 5.75 Å². The summed E-state index contributed by atoms with van der Waals surface area (Å²) in [6.07, 6.45) is 11.9. The van der Waals surface area contributed by atoms with E-state index >= 15 is 0 Å². The molecule has 30 heavy (non-hydrogen) atoms. The summed E-state index contributed by atoms with van der Waals surface area (Å²) in [7, 11) is 0. The second-order valence-electron chi connectivity index (χ2n) is 7.40. The minimum absolute atomic E-state index is 0.130. The topological polar surface area (TPSA) is 68.9 Å². The van der Waals surface area contributed by atoms with Crippen molar-refractivity contribution in [2.75, 3.05) is 13.2 Å². The van der Waals surface area contributed by atoms with Crippen molar-refractivity contribution in [3.8, 4) is 17.2 Å². The van der Waals surface area contributed by atoms with Crippen LogP contribution in [0.3, 0.4) is 0 Å². The van der Waals surface area contributed by atoms with E-state index in [1.165, 1.54) is 11.1 Å². The van der Waals surface area contributed by atoms with E-state index < -0.39 is 11.4 Å². The van der Waals surface area contributed by atoms with E-state index in [0.717, 1.165) is 19.3 Å². The van der Waals surface area contributed by atoms with Crippen LogP contribution >= 0.6 is 0 Å². The normalized spacial score (nSPS) is 11.8. The van der Waals surface area contributed by atoms with E-state index in [1.807, 2.05) is 18.2 Å². The zero-order chi connectivity index (χ0) is 21.9. The standard InChI is InChI=1S/C25H32O5/c1-5-6-7-8-16-29-24-20-13-10-14-21(23(20)30-25(27)22(24)26)28-17-15-19(4)12-9-11-18(2)3/h6-7,10-11,13-15,26H,5,8-9,12,16-17H2,1-4H3/b7-6?,19-15+. The minimum atomic E-state index is -0.842. The van der Waals surface area contributed by atoms with Gasteiger partial charge in [0, 0.05) is 0 Å². The van der Waals surface area contributed by atoms with E-state index in [4.69, 9.17) is 13.9 Å². The summed E-state index contributed by atoms with van der Waals surface area (Å²) in [4.78, 5) is 12.1. The van der Waals surface area contributed by atoms with E-state index in [0.29, 0.717) is 30.8 Å². The first kappa shape index (κ1) is 23.3. The number of fused-ring (bicyclic) bond motifs is 1. The summed E-state index contributed by atoms with van der Waals surface area (Å²) in [6, 6.07) is 5.26. The van der Waals surface area contributed by atoms with Crippen molar-refractivity contribution in [1.82, 2.24) is 0 Å². The molecule has 0 amide bonds. The first-order chi connectivity index (χ1) is 14.4. The van der Waals surface area contributed by atoms with Crippen molar-refractivity contribution in [1.29, 1.82) is 0 Å². The van der Waals surface area contributed by atoms with Gasteiger partial charge < -0.3 is 19.0 Å². The highest BCUT2D eigenvalue weighted by Crippen LogP contribution is 2.36. The number of rotatable bonds is 11. The second kappa shape index (κ2) is 11.9. The van der Waals surface area contributed by atoms with Crippen LogP contribution in [0.15, 0.2) is 62.9 Å². The van der Waals surface area contributed by atoms with Gasteiger partial charge in [0.15, 0.2) is 17.1 Å². The Morgan fingerprint density at radius 3 is 2.63 bits per heavy atom. The van der Waals surface area contributed by atoms with Crippen LogP contribution in [0.5, 0.6) is 17.2 Å². The van der Waals surface area contributed by atoms with Crippen molar-refractivity contribution in [2.45, 2.75) is 53.4 Å². The molecule has 0 radical (unpaired) electrons. The highest BCUT2D eigenvalue weighted by Gasteiger charge is 2.18. The number of allylic oxidation sites excluding steroid dienone is 4. The van der Waals surface area contributed by atoms with E-state index in [9.17, 15) is 9.90 Å². The fraction of sp³-hybridized carbons (Fsp3) is 0.400. The van der Waals surface area contributed by atoms with Gasteiger partial charge in [0.05, 0.1) is 12.0 Å². The largest absolute Gasteiger partial charge is 0.499 e. The highest BCUT2D eigenvalue weighted by atomic mass is 16.5. The summed E-state index contributed by atoms with van der Waals surface area (Å²) in [6.45, 7) is 9.02. The van der Waals surface area contributed by atoms with Crippen molar-refractivity contribution in [3.05, 3.63) is 64.1 Å². The lowest BCUT2D eigenvalue weighted by molar-refractivity contribution is 0.299. The molecule has 0 aliphatic carbocycles. The van der Waals surface area contributed by atoms with Crippen LogP contribution in [-0.4, -0.2) is 18.3 Å². The maximum atomic E-state index is 12.1. The fourth-order valence-electron chi connectivity index (χ4n) is 2.90. The number of benzene rings is 1. The second-order valence-corrected chi connectivity index (χ2v) is 7.40. The first-order valence-electron chi connectivity index (χ1n) is 10.4. The number of hydrogen-bond donors (Lipinski definition) is 1. The Balaban J connectivity index is 2.17. The summed E-state index contributed by atoms with van der Waals surface area (Å²) in [5.41, 5.74) is 1.98. The molecule has 0 saturated carbocycles. The predicted octanol–water partition coefficient (Wildman–Crippen LogP) is 6.31. The molecule has 0 spiro atoms. The summed E-state index contributed by atoms with van der Waals surface area (Å²) < 4.78 is 16.9. The third kappa shape index (κ3) is 6.83. The average Bonchev–Trinajstić information content (AvgIpc) is 2.70. The third-order valence-electron chi connectivity index (χ3n) is 4.52. The maximum Gasteiger partial charge on any atom is 0.382 e. The molecule has 0 atom stereocenters. The Morgan fingerprint density at radius 2 is 1.90 bits per heavy atom. The molecule has 0 unspecified atom stereocenters. The van der Waals surface area contributed by atoms with E-state index in [1.54, 1.807) is 18.2 Å². The van der Waals surface area contributed by atoms with Crippen LogP contribution in [0, 0.1) is 0 Å². The van der Waals surface area contributed by atoms with Crippen LogP contribution in [0.2, 0.25) is 0 Å². The minimum Gasteiger partial charge on any atom is -0.499 e. The molecule has 5 heteroatoms. The zero-order valence-corrected chi connectivity index (χ0v) is 18.4.